The lowest BCUT2D eigenvalue weighted by Crippen LogP contribution is -2.35. The van der Waals surface area contributed by atoms with Crippen LogP contribution in [0.1, 0.15) is 27.8 Å². The van der Waals surface area contributed by atoms with Crippen LogP contribution in [-0.4, -0.2) is 20.3 Å². The van der Waals surface area contributed by atoms with Crippen LogP contribution in [0.2, 0.25) is 0 Å². The monoisotopic (exact) mass is 630 g/mol. The molecule has 0 fully saturated rings. The maximum Gasteiger partial charge on any atom is 0.323 e. The SMILES string of the molecule is COc1cc2c3c(c4c(c2cc1OC)-c1ccccc1CC4)OC(c1ccccc1)(c1ccc(NC(=O)Nc2ccccc2)cc1)C=C3. The van der Waals surface area contributed by atoms with Gasteiger partial charge in [0.15, 0.2) is 17.1 Å². The van der Waals surface area contributed by atoms with Crippen LogP contribution >= 0.6 is 0 Å². The summed E-state index contributed by atoms with van der Waals surface area (Å²) in [5, 5.41) is 7.98. The minimum Gasteiger partial charge on any atom is -0.493 e. The number of hydrogen-bond donors (Lipinski definition) is 2. The first-order valence-electron chi connectivity index (χ1n) is 16.1. The largest absolute Gasteiger partial charge is 0.493 e. The lowest BCUT2D eigenvalue weighted by atomic mass is 9.78. The molecule has 48 heavy (non-hydrogen) atoms. The zero-order chi connectivity index (χ0) is 32.7. The number of methoxy groups -OCH3 is 2. The number of benzene rings is 6. The van der Waals surface area contributed by atoms with E-state index in [4.69, 9.17) is 14.2 Å². The van der Waals surface area contributed by atoms with E-state index in [0.717, 1.165) is 51.7 Å². The van der Waals surface area contributed by atoms with Crippen molar-refractivity contribution in [2.45, 2.75) is 18.4 Å². The number of ether oxygens (including phenoxy) is 3. The first kappa shape index (κ1) is 29.4. The highest BCUT2D eigenvalue weighted by molar-refractivity contribution is 6.08. The Labute approximate surface area is 279 Å². The molecule has 8 rings (SSSR count). The molecule has 0 saturated heterocycles. The first-order chi connectivity index (χ1) is 23.6. The number of para-hydroxylation sites is 1. The second-order valence-corrected chi connectivity index (χ2v) is 12.1. The molecule has 2 amide bonds. The van der Waals surface area contributed by atoms with Crippen molar-refractivity contribution in [2.75, 3.05) is 24.9 Å². The number of rotatable bonds is 6. The van der Waals surface area contributed by atoms with Gasteiger partial charge < -0.3 is 24.8 Å². The Morgan fingerprint density at radius 1 is 0.688 bits per heavy atom. The summed E-state index contributed by atoms with van der Waals surface area (Å²) in [6.07, 6.45) is 6.11. The molecule has 6 nitrogen and oxygen atoms in total. The predicted molar refractivity (Wildman–Crippen MR) is 192 cm³/mol. The van der Waals surface area contributed by atoms with Crippen LogP contribution in [0.3, 0.4) is 0 Å². The van der Waals surface area contributed by atoms with Gasteiger partial charge in [0.2, 0.25) is 0 Å². The molecule has 1 aliphatic heterocycles. The molecule has 1 unspecified atom stereocenters. The number of anilines is 2. The number of carbonyl (C=O) groups is 1. The fourth-order valence-corrected chi connectivity index (χ4v) is 7.11. The molecule has 1 aliphatic carbocycles. The Kier molecular flexibility index (Phi) is 7.33. The average Bonchev–Trinajstić information content (AvgIpc) is 3.14. The fourth-order valence-electron chi connectivity index (χ4n) is 7.11. The minimum atomic E-state index is -0.909. The molecule has 0 spiro atoms. The number of aryl methyl sites for hydroxylation is 1. The predicted octanol–water partition coefficient (Wildman–Crippen LogP) is 9.62. The van der Waals surface area contributed by atoms with E-state index in [1.807, 2.05) is 72.8 Å². The van der Waals surface area contributed by atoms with Gasteiger partial charge in [-0.1, -0.05) is 84.9 Å². The van der Waals surface area contributed by atoms with Gasteiger partial charge in [-0.15, -0.1) is 0 Å². The molecule has 0 aromatic heterocycles. The van der Waals surface area contributed by atoms with E-state index in [1.165, 1.54) is 22.3 Å². The molecule has 1 heterocycles. The lowest BCUT2D eigenvalue weighted by molar-refractivity contribution is 0.159. The Morgan fingerprint density at radius 2 is 1.29 bits per heavy atom. The standard InChI is InChI=1S/C42H34N2O4/c1-46-37-25-35-33-23-24-42(28-12-5-3-6-13-28,29-18-20-31(21-19-29)44-41(45)43-30-14-7-4-8-15-30)48-40(33)34-22-17-27-11-9-10-16-32(27)39(34)36(35)26-38(37)47-2/h3-16,18-21,23-26H,17,22H2,1-2H3,(H2,43,44,45). The third kappa shape index (κ3) is 4.94. The van der Waals surface area contributed by atoms with Crippen LogP contribution in [0.4, 0.5) is 16.2 Å². The van der Waals surface area contributed by atoms with Crippen LogP contribution < -0.4 is 24.8 Å². The van der Waals surface area contributed by atoms with Crippen molar-refractivity contribution in [1.82, 2.24) is 0 Å². The van der Waals surface area contributed by atoms with E-state index in [-0.39, 0.29) is 6.03 Å². The smallest absolute Gasteiger partial charge is 0.323 e. The van der Waals surface area contributed by atoms with Gasteiger partial charge in [-0.3, -0.25) is 0 Å². The summed E-state index contributed by atoms with van der Waals surface area (Å²) in [5.74, 6) is 2.24. The Hall–Kier alpha value is -6.01. The van der Waals surface area contributed by atoms with E-state index >= 15 is 0 Å². The topological polar surface area (TPSA) is 68.8 Å². The van der Waals surface area contributed by atoms with Gasteiger partial charge in [0.1, 0.15) is 5.75 Å². The maximum atomic E-state index is 12.7. The molecule has 6 aromatic carbocycles. The third-order valence-corrected chi connectivity index (χ3v) is 9.39. The summed E-state index contributed by atoms with van der Waals surface area (Å²) in [6.45, 7) is 0. The maximum absolute atomic E-state index is 12.7. The second-order valence-electron chi connectivity index (χ2n) is 12.1. The molecule has 0 saturated carbocycles. The van der Waals surface area contributed by atoms with Crippen molar-refractivity contribution < 1.29 is 19.0 Å². The van der Waals surface area contributed by atoms with Gasteiger partial charge in [0.25, 0.3) is 0 Å². The minimum absolute atomic E-state index is 0.305. The van der Waals surface area contributed by atoms with Gasteiger partial charge in [-0.05, 0) is 88.9 Å². The number of amides is 2. The molecule has 1 atom stereocenters. The van der Waals surface area contributed by atoms with E-state index < -0.39 is 5.60 Å². The highest BCUT2D eigenvalue weighted by atomic mass is 16.5. The molecular formula is C42H34N2O4. The number of urea groups is 1. The zero-order valence-corrected chi connectivity index (χ0v) is 26.7. The summed E-state index contributed by atoms with van der Waals surface area (Å²) in [6, 6.07) is 40.1. The second kappa shape index (κ2) is 12.0. The van der Waals surface area contributed by atoms with Crippen LogP contribution in [0.5, 0.6) is 17.2 Å². The molecule has 2 aliphatic rings. The van der Waals surface area contributed by atoms with Crippen molar-refractivity contribution >= 4 is 34.3 Å². The van der Waals surface area contributed by atoms with E-state index in [9.17, 15) is 4.79 Å². The fraction of sp³-hybridized carbons (Fsp3) is 0.119. The normalized spacial score (nSPS) is 15.8. The summed E-state index contributed by atoms with van der Waals surface area (Å²) in [5.41, 5.74) is 8.36. The van der Waals surface area contributed by atoms with E-state index in [1.54, 1.807) is 14.2 Å². The summed E-state index contributed by atoms with van der Waals surface area (Å²) >= 11 is 0. The van der Waals surface area contributed by atoms with Gasteiger partial charge in [0, 0.05) is 33.6 Å². The molecule has 6 heteroatoms. The average molecular weight is 631 g/mol. The van der Waals surface area contributed by atoms with Gasteiger partial charge in [-0.2, -0.15) is 0 Å². The van der Waals surface area contributed by atoms with Gasteiger partial charge in [0.05, 0.1) is 14.2 Å². The van der Waals surface area contributed by atoms with Crippen molar-refractivity contribution in [1.29, 1.82) is 0 Å². The highest BCUT2D eigenvalue weighted by Crippen LogP contribution is 2.53. The van der Waals surface area contributed by atoms with E-state index in [0.29, 0.717) is 17.2 Å². The molecule has 6 aromatic rings. The summed E-state index contributed by atoms with van der Waals surface area (Å²) in [7, 11) is 3.34. The molecule has 236 valence electrons. The van der Waals surface area contributed by atoms with Crippen LogP contribution in [0.25, 0.3) is 28.0 Å². The quantitative estimate of drug-likeness (QED) is 0.192. The summed E-state index contributed by atoms with van der Waals surface area (Å²) in [4.78, 5) is 12.7. The Bertz CT molecular complexity index is 2190. The third-order valence-electron chi connectivity index (χ3n) is 9.39. The first-order valence-corrected chi connectivity index (χ1v) is 16.1. The molecule has 0 bridgehead atoms. The van der Waals surface area contributed by atoms with Crippen molar-refractivity contribution in [2.24, 2.45) is 0 Å². The van der Waals surface area contributed by atoms with Crippen LogP contribution in [0, 0.1) is 0 Å². The van der Waals surface area contributed by atoms with Crippen molar-refractivity contribution in [3.05, 3.63) is 155 Å². The van der Waals surface area contributed by atoms with Gasteiger partial charge >= 0.3 is 6.03 Å². The van der Waals surface area contributed by atoms with Crippen LogP contribution in [-0.2, 0) is 18.4 Å². The molecule has 0 radical (unpaired) electrons. The number of fused-ring (bicyclic) bond motifs is 8. The lowest BCUT2D eigenvalue weighted by Gasteiger charge is -2.39. The molecular weight excluding hydrogens is 596 g/mol. The number of carbonyl (C=O) groups excluding carboxylic acids is 1. The number of nitrogens with one attached hydrogen (secondary N) is 2. The number of hydrogen-bond acceptors (Lipinski definition) is 4. The highest BCUT2D eigenvalue weighted by Gasteiger charge is 2.40. The van der Waals surface area contributed by atoms with Crippen LogP contribution in [0.15, 0.2) is 127 Å². The summed E-state index contributed by atoms with van der Waals surface area (Å²) < 4.78 is 18.9. The van der Waals surface area contributed by atoms with Crippen molar-refractivity contribution in [3.8, 4) is 28.4 Å². The Balaban J connectivity index is 1.27. The van der Waals surface area contributed by atoms with E-state index in [2.05, 4.69) is 71.3 Å². The molecule has 2 N–H and O–H groups in total. The van der Waals surface area contributed by atoms with Gasteiger partial charge in [-0.25, -0.2) is 4.79 Å². The van der Waals surface area contributed by atoms with Crippen molar-refractivity contribution in [3.63, 3.8) is 0 Å². The Morgan fingerprint density at radius 3 is 2.00 bits per heavy atom. The zero-order valence-electron chi connectivity index (χ0n) is 26.7.